The normalized spacial score (nSPS) is 16.2. The molecule has 13 heteroatoms. The van der Waals surface area contributed by atoms with Gasteiger partial charge in [0.15, 0.2) is 5.82 Å². The van der Waals surface area contributed by atoms with Crippen molar-refractivity contribution in [3.63, 3.8) is 0 Å². The number of likely N-dealkylation sites (tertiary alicyclic amines) is 1. The maximum atomic E-state index is 13.6. The Labute approximate surface area is 240 Å². The lowest BCUT2D eigenvalue weighted by molar-refractivity contribution is -0.139. The van der Waals surface area contributed by atoms with Crippen molar-refractivity contribution in [1.29, 1.82) is 0 Å². The first-order valence-electron chi connectivity index (χ1n) is 13.6. The molecule has 5 rings (SSSR count). The molecule has 0 bridgehead atoms. The van der Waals surface area contributed by atoms with Gasteiger partial charge >= 0.3 is 12.3 Å². The van der Waals surface area contributed by atoms with Crippen LogP contribution in [0.25, 0.3) is 33.6 Å². The first-order chi connectivity index (χ1) is 19.7. The van der Waals surface area contributed by atoms with E-state index in [4.69, 9.17) is 9.47 Å². The summed E-state index contributed by atoms with van der Waals surface area (Å²) >= 11 is 0. The zero-order valence-corrected chi connectivity index (χ0v) is 24.1. The minimum absolute atomic E-state index is 0.194. The number of alkyl carbamates (subject to hydrolysis) is 1. The Morgan fingerprint density at radius 3 is 2.62 bits per heavy atom. The molecule has 0 radical (unpaired) electrons. The third-order valence-electron chi connectivity index (χ3n) is 7.05. The molecule has 4 aromatic rings. The van der Waals surface area contributed by atoms with E-state index in [9.17, 15) is 22.8 Å². The molecule has 0 aliphatic carbocycles. The Morgan fingerprint density at radius 1 is 1.17 bits per heavy atom. The van der Waals surface area contributed by atoms with Crippen LogP contribution in [0.4, 0.5) is 18.0 Å². The summed E-state index contributed by atoms with van der Waals surface area (Å²) in [6.07, 6.45) is -2.18. The van der Waals surface area contributed by atoms with Crippen molar-refractivity contribution >= 4 is 34.1 Å². The summed E-state index contributed by atoms with van der Waals surface area (Å²) in [5.41, 5.74) is 1.04. The smallest absolute Gasteiger partial charge is 0.407 e. The van der Waals surface area contributed by atoms with Crippen LogP contribution in [0.5, 0.6) is 5.75 Å². The molecule has 224 valence electrons. The number of ether oxygens (including phenoxy) is 2. The summed E-state index contributed by atoms with van der Waals surface area (Å²) in [6.45, 7) is 4.91. The quantitative estimate of drug-likeness (QED) is 0.341. The lowest BCUT2D eigenvalue weighted by Gasteiger charge is -2.33. The van der Waals surface area contributed by atoms with Crippen molar-refractivity contribution < 1.29 is 32.2 Å². The molecular weight excluding hydrogens is 553 g/mol. The van der Waals surface area contributed by atoms with Crippen molar-refractivity contribution in [2.45, 2.75) is 58.0 Å². The van der Waals surface area contributed by atoms with Gasteiger partial charge in [0.05, 0.1) is 18.3 Å². The second-order valence-corrected chi connectivity index (χ2v) is 11.4. The van der Waals surface area contributed by atoms with Crippen molar-refractivity contribution in [2.24, 2.45) is 7.05 Å². The number of carbonyl (C=O) groups excluding carboxylic acids is 2. The van der Waals surface area contributed by atoms with Gasteiger partial charge in [-0.3, -0.25) is 4.79 Å². The van der Waals surface area contributed by atoms with E-state index in [-0.39, 0.29) is 29.1 Å². The number of hydrogen-bond acceptors (Lipinski definition) is 6. The molecule has 1 aliphatic heterocycles. The minimum atomic E-state index is -4.48. The number of amides is 2. The highest BCUT2D eigenvalue weighted by Crippen LogP contribution is 2.35. The van der Waals surface area contributed by atoms with E-state index in [1.165, 1.54) is 13.3 Å². The van der Waals surface area contributed by atoms with Gasteiger partial charge in [-0.15, -0.1) is 0 Å². The number of hydrogen-bond donors (Lipinski definition) is 1. The molecule has 1 fully saturated rings. The summed E-state index contributed by atoms with van der Waals surface area (Å²) in [4.78, 5) is 36.4. The Balaban J connectivity index is 1.49. The Kier molecular flexibility index (Phi) is 7.54. The van der Waals surface area contributed by atoms with Crippen molar-refractivity contribution in [1.82, 2.24) is 29.3 Å². The van der Waals surface area contributed by atoms with E-state index in [2.05, 4.69) is 15.3 Å². The lowest BCUT2D eigenvalue weighted by Crippen LogP contribution is -2.50. The van der Waals surface area contributed by atoms with Crippen LogP contribution in [0.1, 0.15) is 44.0 Å². The average Bonchev–Trinajstić information content (AvgIpc) is 3.42. The highest BCUT2D eigenvalue weighted by atomic mass is 19.4. The number of alkyl halides is 3. The molecule has 1 saturated heterocycles. The van der Waals surface area contributed by atoms with Crippen LogP contribution in [-0.4, -0.2) is 74.0 Å². The summed E-state index contributed by atoms with van der Waals surface area (Å²) < 4.78 is 54.5. The highest BCUT2D eigenvalue weighted by Gasteiger charge is 2.32. The molecule has 1 atom stereocenters. The summed E-state index contributed by atoms with van der Waals surface area (Å²) in [5, 5.41) is 3.39. The van der Waals surface area contributed by atoms with E-state index in [0.29, 0.717) is 53.7 Å². The molecular formula is C29H33F3N6O4. The topological polar surface area (TPSA) is 104 Å². The van der Waals surface area contributed by atoms with E-state index in [1.807, 2.05) is 0 Å². The fourth-order valence-electron chi connectivity index (χ4n) is 5.37. The van der Waals surface area contributed by atoms with Gasteiger partial charge < -0.3 is 28.8 Å². The largest absolute Gasteiger partial charge is 0.494 e. The van der Waals surface area contributed by atoms with Crippen molar-refractivity contribution in [3.05, 3.63) is 42.1 Å². The van der Waals surface area contributed by atoms with E-state index < -0.39 is 24.4 Å². The van der Waals surface area contributed by atoms with Crippen LogP contribution in [0, 0.1) is 0 Å². The molecule has 42 heavy (non-hydrogen) atoms. The van der Waals surface area contributed by atoms with Crippen molar-refractivity contribution in [2.75, 3.05) is 20.2 Å². The monoisotopic (exact) mass is 586 g/mol. The Morgan fingerprint density at radius 2 is 1.93 bits per heavy atom. The Hall–Kier alpha value is -4.29. The highest BCUT2D eigenvalue weighted by molar-refractivity contribution is 6.00. The molecule has 1 aliphatic rings. The van der Waals surface area contributed by atoms with E-state index >= 15 is 0 Å². The minimum Gasteiger partial charge on any atom is -0.494 e. The van der Waals surface area contributed by atoms with Crippen LogP contribution in [0.2, 0.25) is 0 Å². The van der Waals surface area contributed by atoms with Gasteiger partial charge in [0.2, 0.25) is 0 Å². The molecule has 0 saturated carbocycles. The van der Waals surface area contributed by atoms with Crippen LogP contribution < -0.4 is 10.1 Å². The maximum Gasteiger partial charge on any atom is 0.407 e. The number of rotatable bonds is 5. The number of aromatic nitrogens is 4. The molecule has 2 amide bonds. The number of pyridine rings is 1. The second-order valence-electron chi connectivity index (χ2n) is 11.4. The SMILES string of the molecule is COc1cc(C(=O)N2CCCC(NC(=O)OC(C)(C)C)C2)cc2nc(-c3cc4cccnc4n3CC(F)(F)F)n(C)c12. The van der Waals surface area contributed by atoms with Crippen LogP contribution in [0.15, 0.2) is 36.5 Å². The Bertz CT molecular complexity index is 1650. The molecule has 1 unspecified atom stereocenters. The summed E-state index contributed by atoms with van der Waals surface area (Å²) in [7, 11) is 3.15. The van der Waals surface area contributed by atoms with Gasteiger partial charge in [0.1, 0.15) is 29.1 Å². The average molecular weight is 587 g/mol. The van der Waals surface area contributed by atoms with Crippen molar-refractivity contribution in [3.8, 4) is 17.3 Å². The van der Waals surface area contributed by atoms with Gasteiger partial charge in [0.25, 0.3) is 5.91 Å². The first-order valence-corrected chi connectivity index (χ1v) is 13.6. The standard InChI is InChI=1S/C29H33F3N6O4/c1-28(2,3)42-27(40)34-19-9-7-11-37(15-19)26(39)18-12-20-23(22(14-18)41-5)36(4)25(35-20)21-13-17-8-6-10-33-24(17)38(21)16-29(30,31)32/h6,8,10,12-14,19H,7,9,11,15-16H2,1-5H3,(H,34,40). The zero-order valence-electron chi connectivity index (χ0n) is 24.1. The molecule has 10 nitrogen and oxygen atoms in total. The number of imidazole rings is 1. The predicted molar refractivity (Wildman–Crippen MR) is 150 cm³/mol. The number of nitrogens with zero attached hydrogens (tertiary/aromatic N) is 5. The van der Waals surface area contributed by atoms with Gasteiger partial charge in [-0.05, 0) is 63.9 Å². The third kappa shape index (κ3) is 6.00. The fourth-order valence-corrected chi connectivity index (χ4v) is 5.37. The molecule has 3 aromatic heterocycles. The number of halogens is 3. The molecule has 4 heterocycles. The number of benzene rings is 1. The first kappa shape index (κ1) is 29.2. The maximum absolute atomic E-state index is 13.6. The fraction of sp³-hybridized carbons (Fsp3) is 0.448. The molecule has 1 N–H and O–H groups in total. The number of aryl methyl sites for hydroxylation is 1. The third-order valence-corrected chi connectivity index (χ3v) is 7.05. The van der Waals surface area contributed by atoms with Gasteiger partial charge in [0, 0.05) is 43.3 Å². The van der Waals surface area contributed by atoms with Crippen LogP contribution in [-0.2, 0) is 18.3 Å². The number of carbonyl (C=O) groups is 2. The lowest BCUT2D eigenvalue weighted by atomic mass is 10.0. The second kappa shape index (κ2) is 10.8. The number of piperidine rings is 1. The van der Waals surface area contributed by atoms with Crippen LogP contribution in [0.3, 0.4) is 0 Å². The van der Waals surface area contributed by atoms with E-state index in [0.717, 1.165) is 4.57 Å². The summed E-state index contributed by atoms with van der Waals surface area (Å²) in [6, 6.07) is 7.93. The zero-order chi connectivity index (χ0) is 30.4. The van der Waals surface area contributed by atoms with Gasteiger partial charge in [-0.25, -0.2) is 14.8 Å². The van der Waals surface area contributed by atoms with E-state index in [1.54, 1.807) is 67.6 Å². The summed E-state index contributed by atoms with van der Waals surface area (Å²) in [5.74, 6) is 0.359. The predicted octanol–water partition coefficient (Wildman–Crippen LogP) is 5.29. The van der Waals surface area contributed by atoms with Gasteiger partial charge in [-0.2, -0.15) is 13.2 Å². The van der Waals surface area contributed by atoms with Crippen LogP contribution >= 0.6 is 0 Å². The number of fused-ring (bicyclic) bond motifs is 2. The number of methoxy groups -OCH3 is 1. The molecule has 0 spiro atoms. The molecule has 1 aromatic carbocycles. The van der Waals surface area contributed by atoms with Gasteiger partial charge in [-0.1, -0.05) is 0 Å². The number of nitrogens with one attached hydrogen (secondary N) is 1.